The second-order valence-corrected chi connectivity index (χ2v) is 8.20. The number of thiazole rings is 1. The van der Waals surface area contributed by atoms with Crippen LogP contribution in [0.15, 0.2) is 69.7 Å². The van der Waals surface area contributed by atoms with E-state index in [9.17, 15) is 0 Å². The molecule has 5 rings (SSSR count). The molecule has 0 radical (unpaired) electrons. The van der Waals surface area contributed by atoms with Crippen LogP contribution in [0.2, 0.25) is 0 Å². The average molecular weight is 405 g/mol. The third-order valence-electron chi connectivity index (χ3n) is 4.42. The van der Waals surface area contributed by atoms with Crippen LogP contribution in [-0.2, 0) is 5.75 Å². The number of aromatic amines is 1. The molecule has 0 fully saturated rings. The molecule has 0 aliphatic carbocycles. The number of para-hydroxylation sites is 1. The number of aryl methyl sites for hydroxylation is 1. The van der Waals surface area contributed by atoms with Crippen molar-refractivity contribution in [1.29, 1.82) is 0 Å². The van der Waals surface area contributed by atoms with Gasteiger partial charge in [-0.1, -0.05) is 59.8 Å². The zero-order valence-corrected chi connectivity index (χ0v) is 16.7. The maximum atomic E-state index is 5.86. The van der Waals surface area contributed by atoms with Crippen molar-refractivity contribution in [2.75, 3.05) is 0 Å². The van der Waals surface area contributed by atoms with Crippen LogP contribution in [0.4, 0.5) is 0 Å². The highest BCUT2D eigenvalue weighted by Crippen LogP contribution is 2.31. The molecule has 0 aliphatic rings. The van der Waals surface area contributed by atoms with Crippen LogP contribution in [0, 0.1) is 6.92 Å². The molecule has 5 nitrogen and oxygen atoms in total. The van der Waals surface area contributed by atoms with Gasteiger partial charge in [-0.05, 0) is 13.0 Å². The van der Waals surface area contributed by atoms with Gasteiger partial charge in [-0.3, -0.25) is 0 Å². The number of aromatic nitrogens is 4. The molecule has 3 aromatic heterocycles. The summed E-state index contributed by atoms with van der Waals surface area (Å²) in [6.07, 6.45) is 1.90. The van der Waals surface area contributed by atoms with Crippen LogP contribution in [0.5, 0.6) is 0 Å². The minimum atomic E-state index is 0.526. The first-order valence-corrected chi connectivity index (χ1v) is 10.7. The van der Waals surface area contributed by atoms with E-state index in [-0.39, 0.29) is 0 Å². The van der Waals surface area contributed by atoms with Gasteiger partial charge in [-0.25, -0.2) is 4.98 Å². The number of nitrogens with one attached hydrogen (secondary N) is 1. The Morgan fingerprint density at radius 1 is 1.07 bits per heavy atom. The molecule has 5 aromatic rings. The van der Waals surface area contributed by atoms with E-state index in [1.807, 2.05) is 30.5 Å². The Morgan fingerprint density at radius 2 is 1.93 bits per heavy atom. The van der Waals surface area contributed by atoms with E-state index in [2.05, 4.69) is 51.8 Å². The van der Waals surface area contributed by atoms with Crippen LogP contribution in [0.3, 0.4) is 0 Å². The minimum absolute atomic E-state index is 0.526. The Morgan fingerprint density at radius 3 is 2.82 bits per heavy atom. The van der Waals surface area contributed by atoms with Crippen molar-refractivity contribution in [3.05, 3.63) is 71.4 Å². The van der Waals surface area contributed by atoms with Gasteiger partial charge in [0.2, 0.25) is 0 Å². The predicted octanol–water partition coefficient (Wildman–Crippen LogP) is 5.94. The lowest BCUT2D eigenvalue weighted by atomic mass is 10.2. The molecule has 0 saturated carbocycles. The predicted molar refractivity (Wildman–Crippen MR) is 113 cm³/mol. The monoisotopic (exact) mass is 404 g/mol. The standard InChI is InChI=1S/C21H16N4OS2/c1-13-6-8-14(9-7-13)20-23-15(11-27-20)12-28-21-25-24-19(26-21)17-10-22-18-5-3-2-4-16(17)18/h2-11,22H,12H2,1H3. The molecule has 3 heterocycles. The number of benzene rings is 2. The van der Waals surface area contributed by atoms with Crippen molar-refractivity contribution in [3.63, 3.8) is 0 Å². The lowest BCUT2D eigenvalue weighted by Gasteiger charge is -1.97. The highest BCUT2D eigenvalue weighted by atomic mass is 32.2. The summed E-state index contributed by atoms with van der Waals surface area (Å²) in [6.45, 7) is 2.09. The van der Waals surface area contributed by atoms with Gasteiger partial charge in [-0.15, -0.1) is 21.5 Å². The van der Waals surface area contributed by atoms with Crippen molar-refractivity contribution in [2.45, 2.75) is 17.9 Å². The van der Waals surface area contributed by atoms with Gasteiger partial charge in [0.05, 0.1) is 11.3 Å². The van der Waals surface area contributed by atoms with Crippen LogP contribution in [-0.4, -0.2) is 20.2 Å². The normalized spacial score (nSPS) is 11.3. The smallest absolute Gasteiger partial charge is 0.277 e. The number of nitrogens with zero attached hydrogens (tertiary/aromatic N) is 3. The molecule has 7 heteroatoms. The summed E-state index contributed by atoms with van der Waals surface area (Å²) in [4.78, 5) is 7.96. The highest BCUT2D eigenvalue weighted by Gasteiger charge is 2.14. The molecule has 0 amide bonds. The van der Waals surface area contributed by atoms with Crippen LogP contribution in [0.1, 0.15) is 11.3 Å². The topological polar surface area (TPSA) is 67.6 Å². The zero-order chi connectivity index (χ0) is 18.9. The largest absolute Gasteiger partial charge is 0.411 e. The Kier molecular flexibility index (Phi) is 4.46. The molecular weight excluding hydrogens is 388 g/mol. The number of rotatable bonds is 5. The van der Waals surface area contributed by atoms with Crippen LogP contribution >= 0.6 is 23.1 Å². The zero-order valence-electron chi connectivity index (χ0n) is 15.0. The van der Waals surface area contributed by atoms with E-state index in [1.54, 1.807) is 11.3 Å². The van der Waals surface area contributed by atoms with Crippen molar-refractivity contribution >= 4 is 34.0 Å². The summed E-state index contributed by atoms with van der Waals surface area (Å²) in [7, 11) is 0. The molecule has 0 saturated heterocycles. The van der Waals surface area contributed by atoms with Crippen molar-refractivity contribution < 1.29 is 4.42 Å². The molecule has 0 spiro atoms. The first kappa shape index (κ1) is 17.2. The van der Waals surface area contributed by atoms with E-state index in [4.69, 9.17) is 9.40 Å². The summed E-state index contributed by atoms with van der Waals surface area (Å²) < 4.78 is 5.86. The van der Waals surface area contributed by atoms with E-state index in [0.717, 1.165) is 32.7 Å². The van der Waals surface area contributed by atoms with Gasteiger partial charge in [0.25, 0.3) is 11.1 Å². The summed E-state index contributed by atoms with van der Waals surface area (Å²) in [5, 5.41) is 13.1. The lowest BCUT2D eigenvalue weighted by molar-refractivity contribution is 0.466. The minimum Gasteiger partial charge on any atom is -0.411 e. The van der Waals surface area contributed by atoms with E-state index in [1.165, 1.54) is 17.3 Å². The van der Waals surface area contributed by atoms with Crippen molar-refractivity contribution in [3.8, 4) is 22.0 Å². The maximum absolute atomic E-state index is 5.86. The van der Waals surface area contributed by atoms with Gasteiger partial charge in [0.1, 0.15) is 5.01 Å². The van der Waals surface area contributed by atoms with Gasteiger partial charge in [-0.2, -0.15) is 0 Å². The third-order valence-corrected chi connectivity index (χ3v) is 6.21. The molecule has 0 atom stereocenters. The number of hydrogen-bond acceptors (Lipinski definition) is 6. The fraction of sp³-hybridized carbons (Fsp3) is 0.0952. The Labute approximate surface area is 169 Å². The van der Waals surface area contributed by atoms with Crippen molar-refractivity contribution in [2.24, 2.45) is 0 Å². The average Bonchev–Trinajstić information content (AvgIpc) is 3.46. The third kappa shape index (κ3) is 3.34. The quantitative estimate of drug-likeness (QED) is 0.367. The fourth-order valence-electron chi connectivity index (χ4n) is 2.96. The number of fused-ring (bicyclic) bond motifs is 1. The van der Waals surface area contributed by atoms with Gasteiger partial charge in [0.15, 0.2) is 0 Å². The van der Waals surface area contributed by atoms with Crippen LogP contribution in [0.25, 0.3) is 32.9 Å². The molecule has 138 valence electrons. The summed E-state index contributed by atoms with van der Waals surface area (Å²) in [5.41, 5.74) is 5.38. The molecule has 1 N–H and O–H groups in total. The van der Waals surface area contributed by atoms with Gasteiger partial charge < -0.3 is 9.40 Å². The van der Waals surface area contributed by atoms with E-state index >= 15 is 0 Å². The highest BCUT2D eigenvalue weighted by molar-refractivity contribution is 7.98. The van der Waals surface area contributed by atoms with E-state index in [0.29, 0.717) is 16.9 Å². The number of hydrogen-bond donors (Lipinski definition) is 1. The number of H-pyrrole nitrogens is 1. The van der Waals surface area contributed by atoms with Crippen molar-refractivity contribution in [1.82, 2.24) is 20.2 Å². The van der Waals surface area contributed by atoms with Gasteiger partial charge >= 0.3 is 0 Å². The van der Waals surface area contributed by atoms with Gasteiger partial charge in [0, 0.05) is 33.8 Å². The maximum Gasteiger partial charge on any atom is 0.277 e. The SMILES string of the molecule is Cc1ccc(-c2nc(CSc3nnc(-c4c[nH]c5ccccc45)o3)cs2)cc1. The molecule has 2 aromatic carbocycles. The summed E-state index contributed by atoms with van der Waals surface area (Å²) in [6, 6.07) is 16.5. The molecule has 28 heavy (non-hydrogen) atoms. The molecule has 0 bridgehead atoms. The van der Waals surface area contributed by atoms with Crippen LogP contribution < -0.4 is 0 Å². The van der Waals surface area contributed by atoms with E-state index < -0.39 is 0 Å². The second kappa shape index (κ2) is 7.26. The summed E-state index contributed by atoms with van der Waals surface area (Å²) in [5.74, 6) is 1.22. The molecular formula is C21H16N4OS2. The second-order valence-electron chi connectivity index (χ2n) is 6.42. The first-order chi connectivity index (χ1) is 13.8. The Balaban J connectivity index is 1.30. The molecule has 0 aliphatic heterocycles. The lowest BCUT2D eigenvalue weighted by Crippen LogP contribution is -1.82. The molecule has 0 unspecified atom stereocenters. The summed E-state index contributed by atoms with van der Waals surface area (Å²) >= 11 is 3.15. The Hall–Kier alpha value is -2.90. The first-order valence-electron chi connectivity index (χ1n) is 8.80. The number of thioether (sulfide) groups is 1. The fourth-order valence-corrected chi connectivity index (χ4v) is 4.55. The Bertz CT molecular complexity index is 1240.